The van der Waals surface area contributed by atoms with E-state index in [4.69, 9.17) is 0 Å². The third kappa shape index (κ3) is 3.81. The second kappa shape index (κ2) is 6.73. The Bertz CT molecular complexity index is 501. The molecular weight excluding hydrogens is 266 g/mol. The highest BCUT2D eigenvalue weighted by Crippen LogP contribution is 2.08. The Balaban J connectivity index is 0.00000180. The minimum atomic E-state index is -0.295. The average Bonchev–Trinajstić information content (AvgIpc) is 2.32. The molecule has 0 bridgehead atoms. The van der Waals surface area contributed by atoms with E-state index in [9.17, 15) is 9.59 Å². The number of aryl methyl sites for hydroxylation is 1. The van der Waals surface area contributed by atoms with E-state index in [1.165, 1.54) is 12.3 Å². The van der Waals surface area contributed by atoms with Gasteiger partial charge in [-0.1, -0.05) is 0 Å². The van der Waals surface area contributed by atoms with Crippen molar-refractivity contribution in [2.24, 2.45) is 0 Å². The maximum atomic E-state index is 12.0. The summed E-state index contributed by atoms with van der Waals surface area (Å²) in [6.45, 7) is 4.82. The summed E-state index contributed by atoms with van der Waals surface area (Å²) in [5.41, 5.74) is 0.697. The van der Waals surface area contributed by atoms with Crippen molar-refractivity contribution in [2.45, 2.75) is 38.8 Å². The summed E-state index contributed by atoms with van der Waals surface area (Å²) in [5.74, 6) is -0.295. The smallest absolute Gasteiger partial charge is 0.257 e. The zero-order valence-electron chi connectivity index (χ0n) is 11.2. The molecule has 1 fully saturated rings. The van der Waals surface area contributed by atoms with Crippen molar-refractivity contribution in [3.8, 4) is 0 Å². The average molecular weight is 286 g/mol. The lowest BCUT2D eigenvalue weighted by atomic mass is 9.99. The van der Waals surface area contributed by atoms with Gasteiger partial charge in [0.1, 0.15) is 5.56 Å². The Hall–Kier alpha value is -1.33. The van der Waals surface area contributed by atoms with Crippen LogP contribution >= 0.6 is 12.4 Å². The van der Waals surface area contributed by atoms with Crippen LogP contribution in [0.4, 0.5) is 0 Å². The number of piperidine rings is 1. The van der Waals surface area contributed by atoms with Gasteiger partial charge in [0, 0.05) is 30.0 Å². The maximum Gasteiger partial charge on any atom is 0.257 e. The Morgan fingerprint density at radius 2 is 2.21 bits per heavy atom. The van der Waals surface area contributed by atoms with Crippen LogP contribution in [-0.4, -0.2) is 29.5 Å². The molecular formula is C13H20ClN3O2. The number of pyridine rings is 1. The fourth-order valence-corrected chi connectivity index (χ4v) is 2.24. The minimum absolute atomic E-state index is 0. The lowest BCUT2D eigenvalue weighted by Crippen LogP contribution is -2.52. The second-order valence-electron chi connectivity index (χ2n) is 4.86. The van der Waals surface area contributed by atoms with Gasteiger partial charge in [0.25, 0.3) is 5.91 Å². The number of amides is 1. The SMILES string of the molecule is Cc1cc(=O)c(C(=O)NC2CCCNC2C)c[nH]1.Cl. The Kier molecular flexibility index (Phi) is 5.57. The van der Waals surface area contributed by atoms with Gasteiger partial charge in [-0.25, -0.2) is 0 Å². The van der Waals surface area contributed by atoms with Crippen molar-refractivity contribution in [3.63, 3.8) is 0 Å². The molecule has 0 spiro atoms. The first kappa shape index (κ1) is 15.7. The molecule has 1 aliphatic heterocycles. The summed E-state index contributed by atoms with van der Waals surface area (Å²) >= 11 is 0. The number of hydrogen-bond donors (Lipinski definition) is 3. The molecule has 1 aromatic rings. The molecule has 0 saturated carbocycles. The van der Waals surface area contributed by atoms with Gasteiger partial charge in [0.15, 0.2) is 5.43 Å². The van der Waals surface area contributed by atoms with Crippen molar-refractivity contribution in [2.75, 3.05) is 6.54 Å². The molecule has 6 heteroatoms. The van der Waals surface area contributed by atoms with E-state index in [0.717, 1.165) is 25.1 Å². The number of aromatic nitrogens is 1. The molecule has 2 unspecified atom stereocenters. The first-order valence-electron chi connectivity index (χ1n) is 6.31. The number of carbonyl (C=O) groups is 1. The highest BCUT2D eigenvalue weighted by molar-refractivity contribution is 5.94. The first-order valence-corrected chi connectivity index (χ1v) is 6.31. The van der Waals surface area contributed by atoms with Gasteiger partial charge < -0.3 is 15.6 Å². The van der Waals surface area contributed by atoms with Crippen molar-refractivity contribution in [3.05, 3.63) is 33.7 Å². The summed E-state index contributed by atoms with van der Waals surface area (Å²) in [4.78, 5) is 26.6. The van der Waals surface area contributed by atoms with Crippen LogP contribution in [0.3, 0.4) is 0 Å². The number of rotatable bonds is 2. The normalized spacial score (nSPS) is 22.4. The molecule has 106 valence electrons. The van der Waals surface area contributed by atoms with E-state index in [0.29, 0.717) is 0 Å². The van der Waals surface area contributed by atoms with Gasteiger partial charge in [-0.2, -0.15) is 0 Å². The molecule has 0 aliphatic carbocycles. The van der Waals surface area contributed by atoms with Crippen LogP contribution in [-0.2, 0) is 0 Å². The quantitative estimate of drug-likeness (QED) is 0.758. The predicted octanol–water partition coefficient (Wildman–Crippen LogP) is 0.975. The van der Waals surface area contributed by atoms with Crippen LogP contribution in [0.2, 0.25) is 0 Å². The van der Waals surface area contributed by atoms with Gasteiger partial charge in [-0.05, 0) is 33.2 Å². The highest BCUT2D eigenvalue weighted by atomic mass is 35.5. The number of carbonyl (C=O) groups excluding carboxylic acids is 1. The molecule has 5 nitrogen and oxygen atoms in total. The summed E-state index contributed by atoms with van der Waals surface area (Å²) in [7, 11) is 0. The topological polar surface area (TPSA) is 74.0 Å². The summed E-state index contributed by atoms with van der Waals surface area (Å²) < 4.78 is 0. The number of aromatic amines is 1. The van der Waals surface area contributed by atoms with Gasteiger partial charge in [0.05, 0.1) is 0 Å². The number of halogens is 1. The minimum Gasteiger partial charge on any atom is -0.364 e. The molecule has 2 heterocycles. The van der Waals surface area contributed by atoms with Crippen molar-refractivity contribution >= 4 is 18.3 Å². The Morgan fingerprint density at radius 3 is 2.84 bits per heavy atom. The van der Waals surface area contributed by atoms with Crippen LogP contribution in [0, 0.1) is 6.92 Å². The monoisotopic (exact) mass is 285 g/mol. The van der Waals surface area contributed by atoms with Crippen molar-refractivity contribution < 1.29 is 4.79 Å². The van der Waals surface area contributed by atoms with Gasteiger partial charge in [0.2, 0.25) is 0 Å². The third-order valence-electron chi connectivity index (χ3n) is 3.38. The molecule has 3 N–H and O–H groups in total. The summed E-state index contributed by atoms with van der Waals surface area (Å²) in [6, 6.07) is 1.77. The number of hydrogen-bond acceptors (Lipinski definition) is 3. The van der Waals surface area contributed by atoms with Crippen LogP contribution in [0.5, 0.6) is 0 Å². The van der Waals surface area contributed by atoms with Crippen LogP contribution in [0.25, 0.3) is 0 Å². The lowest BCUT2D eigenvalue weighted by Gasteiger charge is -2.30. The molecule has 1 saturated heterocycles. The van der Waals surface area contributed by atoms with Crippen LogP contribution < -0.4 is 16.1 Å². The first-order chi connectivity index (χ1) is 8.58. The third-order valence-corrected chi connectivity index (χ3v) is 3.38. The number of H-pyrrole nitrogens is 1. The zero-order chi connectivity index (χ0) is 13.1. The molecule has 0 aromatic carbocycles. The van der Waals surface area contributed by atoms with Gasteiger partial charge >= 0.3 is 0 Å². The van der Waals surface area contributed by atoms with E-state index in [2.05, 4.69) is 15.6 Å². The maximum absolute atomic E-state index is 12.0. The lowest BCUT2D eigenvalue weighted by molar-refractivity contribution is 0.0918. The predicted molar refractivity (Wildman–Crippen MR) is 77.0 cm³/mol. The standard InChI is InChI=1S/C13H19N3O2.ClH/c1-8-6-12(17)10(7-15-8)13(18)16-11-4-3-5-14-9(11)2;/h6-7,9,11,14H,3-5H2,1-2H3,(H,15,17)(H,16,18);1H. The van der Waals surface area contributed by atoms with Gasteiger partial charge in [-0.15, -0.1) is 12.4 Å². The molecule has 1 aliphatic rings. The molecule has 0 radical (unpaired) electrons. The van der Waals surface area contributed by atoms with E-state index >= 15 is 0 Å². The zero-order valence-corrected chi connectivity index (χ0v) is 12.0. The molecule has 1 aromatic heterocycles. The van der Waals surface area contributed by atoms with Crippen LogP contribution in [0.15, 0.2) is 17.1 Å². The Labute approximate surface area is 118 Å². The molecule has 19 heavy (non-hydrogen) atoms. The largest absolute Gasteiger partial charge is 0.364 e. The molecule has 1 amide bonds. The van der Waals surface area contributed by atoms with Crippen LogP contribution in [0.1, 0.15) is 35.8 Å². The van der Waals surface area contributed by atoms with E-state index in [1.807, 2.05) is 6.92 Å². The fraction of sp³-hybridized carbons (Fsp3) is 0.538. The highest BCUT2D eigenvalue weighted by Gasteiger charge is 2.23. The molecule has 2 rings (SSSR count). The molecule has 2 atom stereocenters. The van der Waals surface area contributed by atoms with Crippen molar-refractivity contribution in [1.82, 2.24) is 15.6 Å². The van der Waals surface area contributed by atoms with Crippen molar-refractivity contribution in [1.29, 1.82) is 0 Å². The van der Waals surface area contributed by atoms with E-state index in [1.54, 1.807) is 6.92 Å². The van der Waals surface area contributed by atoms with E-state index < -0.39 is 0 Å². The van der Waals surface area contributed by atoms with Gasteiger partial charge in [-0.3, -0.25) is 9.59 Å². The van der Waals surface area contributed by atoms with E-state index in [-0.39, 0.29) is 41.4 Å². The fourth-order valence-electron chi connectivity index (χ4n) is 2.24. The number of nitrogens with one attached hydrogen (secondary N) is 3. The summed E-state index contributed by atoms with van der Waals surface area (Å²) in [6.07, 6.45) is 3.47. The Morgan fingerprint density at radius 1 is 1.47 bits per heavy atom. The summed E-state index contributed by atoms with van der Waals surface area (Å²) in [5, 5.41) is 6.24. The second-order valence-corrected chi connectivity index (χ2v) is 4.86.